The normalized spacial score (nSPS) is 19.7. The Morgan fingerprint density at radius 3 is 2.52 bits per heavy atom. The molecule has 6 nitrogen and oxygen atoms in total. The Balaban J connectivity index is 1.81. The van der Waals surface area contributed by atoms with Gasteiger partial charge in [-0.2, -0.15) is 0 Å². The molecule has 0 bridgehead atoms. The van der Waals surface area contributed by atoms with Crippen molar-refractivity contribution in [2.45, 2.75) is 52.6 Å². The lowest BCUT2D eigenvalue weighted by Gasteiger charge is -2.38. The van der Waals surface area contributed by atoms with E-state index in [1.165, 1.54) is 0 Å². The van der Waals surface area contributed by atoms with Crippen LogP contribution in [-0.4, -0.2) is 43.1 Å². The van der Waals surface area contributed by atoms with Gasteiger partial charge >= 0.3 is 6.03 Å². The number of hydrogen-bond acceptors (Lipinski definition) is 3. The Labute approximate surface area is 162 Å². The minimum absolute atomic E-state index is 0.00542. The minimum atomic E-state index is 0.00542. The summed E-state index contributed by atoms with van der Waals surface area (Å²) in [6.07, 6.45) is 2.37. The van der Waals surface area contributed by atoms with E-state index in [2.05, 4.69) is 17.6 Å². The molecule has 1 aromatic rings. The molecule has 2 atom stereocenters. The molecule has 1 aromatic carbocycles. The van der Waals surface area contributed by atoms with E-state index in [1.807, 2.05) is 43.0 Å². The molecule has 1 fully saturated rings. The molecule has 1 heterocycles. The van der Waals surface area contributed by atoms with Crippen molar-refractivity contribution in [3.63, 3.8) is 0 Å². The van der Waals surface area contributed by atoms with Crippen molar-refractivity contribution >= 4 is 11.9 Å². The third kappa shape index (κ3) is 6.45. The highest BCUT2D eigenvalue weighted by Gasteiger charge is 2.31. The van der Waals surface area contributed by atoms with E-state index < -0.39 is 0 Å². The van der Waals surface area contributed by atoms with Crippen LogP contribution in [0.3, 0.4) is 0 Å². The Morgan fingerprint density at radius 1 is 1.22 bits per heavy atom. The fraction of sp³-hybridized carbons (Fsp3) is 0.619. The van der Waals surface area contributed by atoms with E-state index in [1.54, 1.807) is 7.11 Å². The van der Waals surface area contributed by atoms with Gasteiger partial charge in [0.15, 0.2) is 0 Å². The van der Waals surface area contributed by atoms with Crippen LogP contribution in [0.2, 0.25) is 0 Å². The van der Waals surface area contributed by atoms with Crippen molar-refractivity contribution in [2.75, 3.05) is 20.2 Å². The van der Waals surface area contributed by atoms with Crippen LogP contribution < -0.4 is 15.4 Å². The van der Waals surface area contributed by atoms with E-state index in [0.29, 0.717) is 31.3 Å². The first kappa shape index (κ1) is 21.1. The molecule has 1 aliphatic heterocycles. The van der Waals surface area contributed by atoms with Gasteiger partial charge in [0.2, 0.25) is 5.91 Å². The number of hydrogen-bond donors (Lipinski definition) is 2. The van der Waals surface area contributed by atoms with E-state index in [-0.39, 0.29) is 18.0 Å². The lowest BCUT2D eigenvalue weighted by molar-refractivity contribution is -0.123. The Hall–Kier alpha value is -2.24. The third-order valence-electron chi connectivity index (χ3n) is 5.21. The number of carbonyl (C=O) groups is 2. The fourth-order valence-electron chi connectivity index (χ4n) is 3.59. The molecule has 0 aromatic heterocycles. The molecule has 2 unspecified atom stereocenters. The number of urea groups is 1. The quantitative estimate of drug-likeness (QED) is 0.769. The van der Waals surface area contributed by atoms with Crippen LogP contribution in [0.15, 0.2) is 24.3 Å². The Kier molecular flexibility index (Phi) is 7.95. The predicted octanol–water partition coefficient (Wildman–Crippen LogP) is 3.17. The SMILES string of the molecule is CCC1CN(C(=O)NC(C)C)CCC1CC(=O)NCc1ccc(OC)cc1. The first-order chi connectivity index (χ1) is 12.9. The molecule has 27 heavy (non-hydrogen) atoms. The Morgan fingerprint density at radius 2 is 1.93 bits per heavy atom. The second kappa shape index (κ2) is 10.2. The van der Waals surface area contributed by atoms with Crippen LogP contribution in [0.1, 0.15) is 45.6 Å². The van der Waals surface area contributed by atoms with Crippen LogP contribution in [0.25, 0.3) is 0 Å². The molecule has 0 spiro atoms. The van der Waals surface area contributed by atoms with Gasteiger partial charge in [0.25, 0.3) is 0 Å². The van der Waals surface area contributed by atoms with Crippen LogP contribution in [0, 0.1) is 11.8 Å². The van der Waals surface area contributed by atoms with Crippen molar-refractivity contribution in [3.05, 3.63) is 29.8 Å². The maximum absolute atomic E-state index is 12.4. The molecule has 150 valence electrons. The second-order valence-corrected chi connectivity index (χ2v) is 7.60. The van der Waals surface area contributed by atoms with Gasteiger partial charge in [0.1, 0.15) is 5.75 Å². The molecular weight excluding hydrogens is 342 g/mol. The third-order valence-corrected chi connectivity index (χ3v) is 5.21. The van der Waals surface area contributed by atoms with E-state index in [9.17, 15) is 9.59 Å². The van der Waals surface area contributed by atoms with Gasteiger partial charge in [0.05, 0.1) is 7.11 Å². The summed E-state index contributed by atoms with van der Waals surface area (Å²) in [6, 6.07) is 7.85. The molecule has 3 amide bonds. The van der Waals surface area contributed by atoms with Gasteiger partial charge in [-0.25, -0.2) is 4.79 Å². The summed E-state index contributed by atoms with van der Waals surface area (Å²) in [5.41, 5.74) is 1.05. The van der Waals surface area contributed by atoms with Crippen LogP contribution in [0.4, 0.5) is 4.79 Å². The summed E-state index contributed by atoms with van der Waals surface area (Å²) in [5, 5.41) is 5.97. The van der Waals surface area contributed by atoms with Gasteiger partial charge in [-0.1, -0.05) is 25.5 Å². The smallest absolute Gasteiger partial charge is 0.317 e. The van der Waals surface area contributed by atoms with Gasteiger partial charge in [-0.3, -0.25) is 4.79 Å². The lowest BCUT2D eigenvalue weighted by atomic mass is 9.81. The van der Waals surface area contributed by atoms with Crippen molar-refractivity contribution in [1.82, 2.24) is 15.5 Å². The molecule has 0 saturated carbocycles. The zero-order chi connectivity index (χ0) is 19.8. The number of methoxy groups -OCH3 is 1. The molecule has 1 saturated heterocycles. The highest BCUT2D eigenvalue weighted by Crippen LogP contribution is 2.29. The zero-order valence-electron chi connectivity index (χ0n) is 17.0. The van der Waals surface area contributed by atoms with Crippen LogP contribution in [0.5, 0.6) is 5.75 Å². The van der Waals surface area contributed by atoms with E-state index in [0.717, 1.165) is 30.7 Å². The molecule has 0 aliphatic carbocycles. The summed E-state index contributed by atoms with van der Waals surface area (Å²) in [5.74, 6) is 1.58. The van der Waals surface area contributed by atoms with Crippen molar-refractivity contribution in [1.29, 1.82) is 0 Å². The molecule has 1 aliphatic rings. The van der Waals surface area contributed by atoms with Gasteiger partial charge in [-0.15, -0.1) is 0 Å². The number of nitrogens with zero attached hydrogens (tertiary/aromatic N) is 1. The van der Waals surface area contributed by atoms with Gasteiger partial charge in [-0.05, 0) is 49.8 Å². The summed E-state index contributed by atoms with van der Waals surface area (Å²) in [4.78, 5) is 26.5. The summed E-state index contributed by atoms with van der Waals surface area (Å²) in [6.45, 7) is 8.03. The maximum atomic E-state index is 12.4. The average Bonchev–Trinajstić information content (AvgIpc) is 2.66. The van der Waals surface area contributed by atoms with Crippen LogP contribution >= 0.6 is 0 Å². The zero-order valence-corrected chi connectivity index (χ0v) is 17.0. The summed E-state index contributed by atoms with van der Waals surface area (Å²) >= 11 is 0. The first-order valence-corrected chi connectivity index (χ1v) is 9.88. The highest BCUT2D eigenvalue weighted by molar-refractivity contribution is 5.76. The molecule has 0 radical (unpaired) electrons. The number of rotatable bonds is 7. The summed E-state index contributed by atoms with van der Waals surface area (Å²) < 4.78 is 5.15. The molecule has 2 N–H and O–H groups in total. The molecule has 2 rings (SSSR count). The number of likely N-dealkylation sites (tertiary alicyclic amines) is 1. The largest absolute Gasteiger partial charge is 0.497 e. The minimum Gasteiger partial charge on any atom is -0.497 e. The molecule has 6 heteroatoms. The van der Waals surface area contributed by atoms with Crippen LogP contribution in [-0.2, 0) is 11.3 Å². The van der Waals surface area contributed by atoms with E-state index >= 15 is 0 Å². The van der Waals surface area contributed by atoms with Crippen molar-refractivity contribution in [2.24, 2.45) is 11.8 Å². The molecular formula is C21H33N3O3. The highest BCUT2D eigenvalue weighted by atomic mass is 16.5. The number of ether oxygens (including phenoxy) is 1. The summed E-state index contributed by atoms with van der Waals surface area (Å²) in [7, 11) is 1.64. The van der Waals surface area contributed by atoms with E-state index in [4.69, 9.17) is 4.74 Å². The lowest BCUT2D eigenvalue weighted by Crippen LogP contribution is -2.50. The fourth-order valence-corrected chi connectivity index (χ4v) is 3.59. The van der Waals surface area contributed by atoms with Crippen molar-refractivity contribution < 1.29 is 14.3 Å². The van der Waals surface area contributed by atoms with Crippen molar-refractivity contribution in [3.8, 4) is 5.75 Å². The van der Waals surface area contributed by atoms with Gasteiger partial charge in [0, 0.05) is 32.1 Å². The standard InChI is InChI=1S/C21H33N3O3/c1-5-17-14-24(21(26)23-15(2)3)11-10-18(17)12-20(25)22-13-16-6-8-19(27-4)9-7-16/h6-9,15,17-18H,5,10-14H2,1-4H3,(H,22,25)(H,23,26). The number of amides is 3. The number of benzene rings is 1. The Bertz CT molecular complexity index is 616. The average molecular weight is 376 g/mol. The number of nitrogens with one attached hydrogen (secondary N) is 2. The first-order valence-electron chi connectivity index (χ1n) is 9.88. The number of piperidine rings is 1. The monoisotopic (exact) mass is 375 g/mol. The topological polar surface area (TPSA) is 70.7 Å². The predicted molar refractivity (Wildman–Crippen MR) is 107 cm³/mol. The van der Waals surface area contributed by atoms with Gasteiger partial charge < -0.3 is 20.3 Å². The number of carbonyl (C=O) groups excluding carboxylic acids is 2. The second-order valence-electron chi connectivity index (χ2n) is 7.60. The maximum Gasteiger partial charge on any atom is 0.317 e.